The fourth-order valence-corrected chi connectivity index (χ4v) is 3.69. The molecule has 0 saturated carbocycles. The molecule has 0 heterocycles. The Hall–Kier alpha value is -1.14. The van der Waals surface area contributed by atoms with E-state index in [0.29, 0.717) is 0 Å². The van der Waals surface area contributed by atoms with Gasteiger partial charge in [-0.2, -0.15) is 0 Å². The topological polar surface area (TPSA) is 50.4 Å². The van der Waals surface area contributed by atoms with E-state index in [2.05, 4.69) is 55.4 Å². The van der Waals surface area contributed by atoms with Gasteiger partial charge < -0.3 is 15.4 Å². The summed E-state index contributed by atoms with van der Waals surface area (Å²) >= 11 is 5.53. The molecule has 0 fully saturated rings. The molecule has 142 valence electrons. The summed E-state index contributed by atoms with van der Waals surface area (Å²) in [7, 11) is -1.18. The number of hydrogen-bond donors (Lipinski definition) is 2. The monoisotopic (exact) mass is 382 g/mol. The Balaban J connectivity index is 2.62. The molecule has 3 unspecified atom stereocenters. The molecule has 6 heteroatoms. The minimum absolute atomic E-state index is 0.0117. The van der Waals surface area contributed by atoms with E-state index < -0.39 is 13.7 Å². The zero-order chi connectivity index (χ0) is 19.4. The summed E-state index contributed by atoms with van der Waals surface area (Å²) in [6, 6.07) is -0.0117. The first-order valence-corrected chi connectivity index (χ1v) is 13.1. The van der Waals surface area contributed by atoms with Crippen molar-refractivity contribution in [1.29, 1.82) is 0 Å². The van der Waals surface area contributed by atoms with Crippen LogP contribution in [0.15, 0.2) is 23.8 Å². The van der Waals surface area contributed by atoms with Gasteiger partial charge in [-0.1, -0.05) is 57.0 Å². The van der Waals surface area contributed by atoms with Crippen molar-refractivity contribution in [2.45, 2.75) is 65.9 Å². The Morgan fingerprint density at radius 2 is 1.96 bits per heavy atom. The number of allylic oxidation sites excluding steroid dienone is 1. The van der Waals surface area contributed by atoms with Crippen molar-refractivity contribution in [1.82, 2.24) is 10.6 Å². The molecule has 1 aliphatic rings. The summed E-state index contributed by atoms with van der Waals surface area (Å²) in [5.74, 6) is 0.507. The molecule has 0 saturated heterocycles. The van der Waals surface area contributed by atoms with Crippen LogP contribution in [-0.2, 0) is 4.74 Å². The zero-order valence-corrected chi connectivity index (χ0v) is 18.7. The maximum atomic E-state index is 12.0. The van der Waals surface area contributed by atoms with Gasteiger partial charge in [0, 0.05) is 23.7 Å². The predicted molar refractivity (Wildman–Crippen MR) is 113 cm³/mol. The average Bonchev–Trinajstić information content (AvgIpc) is 2.41. The summed E-state index contributed by atoms with van der Waals surface area (Å²) < 4.78 is 5.34. The molecule has 3 atom stereocenters. The molecular formula is C19H34N2O2SSi. The first-order chi connectivity index (χ1) is 11.3. The highest BCUT2D eigenvalue weighted by atomic mass is 32.1. The molecule has 0 aromatic rings. The number of nitrogens with one attached hydrogen (secondary N) is 2. The smallest absolute Gasteiger partial charge is 0.407 e. The summed E-state index contributed by atoms with van der Waals surface area (Å²) in [6.45, 7) is 16.7. The molecule has 25 heavy (non-hydrogen) atoms. The Labute approximate surface area is 159 Å². The van der Waals surface area contributed by atoms with Crippen molar-refractivity contribution in [3.63, 3.8) is 0 Å². The fourth-order valence-electron chi connectivity index (χ4n) is 2.65. The molecule has 1 aliphatic carbocycles. The molecule has 2 N–H and O–H groups in total. The zero-order valence-electron chi connectivity index (χ0n) is 16.9. The summed E-state index contributed by atoms with van der Waals surface area (Å²) in [5, 5.41) is 6.34. The van der Waals surface area contributed by atoms with Gasteiger partial charge in [0.25, 0.3) is 0 Å². The summed E-state index contributed by atoms with van der Waals surface area (Å²) in [4.78, 5) is 12.8. The van der Waals surface area contributed by atoms with Gasteiger partial charge in [0.2, 0.25) is 0 Å². The van der Waals surface area contributed by atoms with E-state index >= 15 is 0 Å². The quantitative estimate of drug-likeness (QED) is 0.545. The van der Waals surface area contributed by atoms with Crippen LogP contribution in [0.25, 0.3) is 0 Å². The molecule has 0 radical (unpaired) electrons. The van der Waals surface area contributed by atoms with E-state index in [0.717, 1.165) is 16.7 Å². The normalized spacial score (nSPS) is 22.0. The second-order valence-electron chi connectivity index (χ2n) is 9.10. The number of carbonyl (C=O) groups is 1. The number of amides is 1. The van der Waals surface area contributed by atoms with E-state index in [1.54, 1.807) is 0 Å². The highest BCUT2D eigenvalue weighted by Crippen LogP contribution is 2.26. The lowest BCUT2D eigenvalue weighted by molar-refractivity contribution is 0.0493. The van der Waals surface area contributed by atoms with Gasteiger partial charge in [-0.3, -0.25) is 0 Å². The lowest BCUT2D eigenvalue weighted by Gasteiger charge is -2.30. The van der Waals surface area contributed by atoms with Gasteiger partial charge in [0.1, 0.15) is 10.6 Å². The third-order valence-corrected chi connectivity index (χ3v) is 5.53. The SMILES string of the molecule is CC1C=C(C(=S)NC[Si](C)(C)C)C=CC1C(C)NC(=O)OC(C)(C)C. The third-order valence-electron chi connectivity index (χ3n) is 3.91. The Morgan fingerprint density at radius 1 is 1.36 bits per heavy atom. The molecular weight excluding hydrogens is 348 g/mol. The van der Waals surface area contributed by atoms with E-state index in [4.69, 9.17) is 17.0 Å². The largest absolute Gasteiger partial charge is 0.444 e. The highest BCUT2D eigenvalue weighted by Gasteiger charge is 2.27. The van der Waals surface area contributed by atoms with Crippen LogP contribution in [0, 0.1) is 11.8 Å². The van der Waals surface area contributed by atoms with Gasteiger partial charge in [-0.05, 0) is 33.6 Å². The highest BCUT2D eigenvalue weighted by molar-refractivity contribution is 7.80. The van der Waals surface area contributed by atoms with Crippen molar-refractivity contribution in [2.75, 3.05) is 6.17 Å². The molecule has 4 nitrogen and oxygen atoms in total. The lowest BCUT2D eigenvalue weighted by Crippen LogP contribution is -2.43. The minimum atomic E-state index is -1.18. The number of hydrogen-bond acceptors (Lipinski definition) is 3. The van der Waals surface area contributed by atoms with E-state index in [1.807, 2.05) is 27.7 Å². The summed E-state index contributed by atoms with van der Waals surface area (Å²) in [5.41, 5.74) is 0.584. The maximum Gasteiger partial charge on any atom is 0.407 e. The van der Waals surface area contributed by atoms with Crippen molar-refractivity contribution in [2.24, 2.45) is 11.8 Å². The van der Waals surface area contributed by atoms with Gasteiger partial charge in [-0.15, -0.1) is 0 Å². The molecule has 0 aromatic carbocycles. The number of ether oxygens (including phenoxy) is 1. The van der Waals surface area contributed by atoms with Crippen molar-refractivity contribution in [3.05, 3.63) is 23.8 Å². The van der Waals surface area contributed by atoms with Gasteiger partial charge >= 0.3 is 6.09 Å². The molecule has 1 amide bonds. The third kappa shape index (κ3) is 8.18. The average molecular weight is 383 g/mol. The molecule has 1 rings (SSSR count). The van der Waals surface area contributed by atoms with Crippen LogP contribution in [-0.4, -0.2) is 37.0 Å². The van der Waals surface area contributed by atoms with Gasteiger partial charge in [-0.25, -0.2) is 4.79 Å². The van der Waals surface area contributed by atoms with Crippen LogP contribution in [0.2, 0.25) is 19.6 Å². The Morgan fingerprint density at radius 3 is 2.44 bits per heavy atom. The van der Waals surface area contributed by atoms with Crippen LogP contribution in [0.1, 0.15) is 34.6 Å². The van der Waals surface area contributed by atoms with Crippen LogP contribution < -0.4 is 10.6 Å². The first-order valence-electron chi connectivity index (χ1n) is 8.96. The Kier molecular flexibility index (Phi) is 7.44. The molecule has 0 spiro atoms. The lowest BCUT2D eigenvalue weighted by atomic mass is 9.82. The van der Waals surface area contributed by atoms with Gasteiger partial charge in [0.15, 0.2) is 0 Å². The van der Waals surface area contributed by atoms with E-state index in [9.17, 15) is 4.79 Å². The second-order valence-corrected chi connectivity index (χ2v) is 15.0. The number of alkyl carbamates (subject to hydrolysis) is 1. The molecule has 0 aromatic heterocycles. The standard InChI is InChI=1S/C19H34N2O2SSi/c1-13-11-15(17(24)20-12-25(6,7)8)9-10-16(13)14(2)21-18(22)23-19(3,4)5/h9-11,13-14,16H,12H2,1-8H3,(H,20,24)(H,21,22). The fraction of sp³-hybridized carbons (Fsp3) is 0.684. The Bertz CT molecular complexity index is 559. The number of rotatable bonds is 5. The second kappa shape index (κ2) is 8.49. The number of carbonyl (C=O) groups excluding carboxylic acids is 1. The first kappa shape index (κ1) is 21.9. The summed E-state index contributed by atoms with van der Waals surface area (Å²) in [6.07, 6.45) is 7.01. The van der Waals surface area contributed by atoms with Crippen LogP contribution in [0.5, 0.6) is 0 Å². The van der Waals surface area contributed by atoms with Crippen LogP contribution >= 0.6 is 12.2 Å². The minimum Gasteiger partial charge on any atom is -0.444 e. The van der Waals surface area contributed by atoms with Crippen molar-refractivity contribution >= 4 is 31.4 Å². The van der Waals surface area contributed by atoms with Crippen LogP contribution in [0.4, 0.5) is 4.79 Å². The van der Waals surface area contributed by atoms with Gasteiger partial charge in [0.05, 0.1) is 8.07 Å². The van der Waals surface area contributed by atoms with Crippen LogP contribution in [0.3, 0.4) is 0 Å². The number of thiocarbonyl (C=S) groups is 1. The molecule has 0 bridgehead atoms. The van der Waals surface area contributed by atoms with Crippen molar-refractivity contribution < 1.29 is 9.53 Å². The maximum absolute atomic E-state index is 12.0. The van der Waals surface area contributed by atoms with E-state index in [-0.39, 0.29) is 24.0 Å². The van der Waals surface area contributed by atoms with E-state index in [1.165, 1.54) is 0 Å². The molecule has 0 aliphatic heterocycles. The predicted octanol–water partition coefficient (Wildman–Crippen LogP) is 4.44. The van der Waals surface area contributed by atoms with Crippen molar-refractivity contribution in [3.8, 4) is 0 Å².